The Kier molecular flexibility index (Phi) is 6.37. The summed E-state index contributed by atoms with van der Waals surface area (Å²) >= 11 is 0. The smallest absolute Gasteiger partial charge is 0.299 e. The summed E-state index contributed by atoms with van der Waals surface area (Å²) in [6.45, 7) is 6.47. The average molecular weight is 432 g/mol. The number of nitrogens with zero attached hydrogens (tertiary/aromatic N) is 3. The fourth-order valence-electron chi connectivity index (χ4n) is 5.60. The van der Waals surface area contributed by atoms with Crippen LogP contribution >= 0.6 is 0 Å². The summed E-state index contributed by atoms with van der Waals surface area (Å²) < 4.78 is 0. The molecule has 1 aliphatic carbocycles. The van der Waals surface area contributed by atoms with Crippen molar-refractivity contribution in [3.8, 4) is 0 Å². The number of carbonyl (C=O) groups is 2. The Morgan fingerprint density at radius 2 is 1.47 bits per heavy atom. The lowest BCUT2D eigenvalue weighted by molar-refractivity contribution is -0.114. The third kappa shape index (κ3) is 4.37. The fourth-order valence-corrected chi connectivity index (χ4v) is 5.60. The van der Waals surface area contributed by atoms with Crippen molar-refractivity contribution in [2.75, 3.05) is 44.2 Å². The topological polar surface area (TPSA) is 43.9 Å². The largest absolute Gasteiger partial charge is 0.303 e. The van der Waals surface area contributed by atoms with Crippen LogP contribution in [0.25, 0.3) is 0 Å². The molecule has 1 saturated carbocycles. The minimum atomic E-state index is -0.342. The Balaban J connectivity index is 1.22. The number of ketones is 1. The summed E-state index contributed by atoms with van der Waals surface area (Å²) in [5.74, 6) is -0.197. The zero-order valence-electron chi connectivity index (χ0n) is 18.8. The van der Waals surface area contributed by atoms with Crippen LogP contribution in [-0.4, -0.2) is 60.8 Å². The Bertz CT molecular complexity index is 960. The number of hydrogen-bond donors (Lipinski definition) is 0. The van der Waals surface area contributed by atoms with Crippen LogP contribution in [0.4, 0.5) is 5.69 Å². The van der Waals surface area contributed by atoms with Crippen molar-refractivity contribution in [1.82, 2.24) is 9.80 Å². The quantitative estimate of drug-likeness (QED) is 0.647. The van der Waals surface area contributed by atoms with Crippen molar-refractivity contribution in [3.63, 3.8) is 0 Å². The van der Waals surface area contributed by atoms with Gasteiger partial charge in [-0.25, -0.2) is 0 Å². The van der Waals surface area contributed by atoms with E-state index in [-0.39, 0.29) is 11.7 Å². The highest BCUT2D eigenvalue weighted by Crippen LogP contribution is 2.42. The normalized spacial score (nSPS) is 20.7. The molecule has 2 aromatic carbocycles. The van der Waals surface area contributed by atoms with Gasteiger partial charge in [0.05, 0.1) is 11.3 Å². The van der Waals surface area contributed by atoms with Gasteiger partial charge in [0.2, 0.25) is 0 Å². The highest BCUT2D eigenvalue weighted by Gasteiger charge is 2.38. The van der Waals surface area contributed by atoms with Crippen LogP contribution in [0.1, 0.15) is 59.5 Å². The molecule has 2 aliphatic heterocycles. The van der Waals surface area contributed by atoms with E-state index in [1.165, 1.54) is 30.4 Å². The molecule has 168 valence electrons. The van der Waals surface area contributed by atoms with Gasteiger partial charge >= 0.3 is 0 Å². The lowest BCUT2D eigenvalue weighted by atomic mass is 9.82. The fraction of sp³-hybridized carbons (Fsp3) is 0.481. The molecule has 5 heteroatoms. The van der Waals surface area contributed by atoms with Gasteiger partial charge in [0.1, 0.15) is 0 Å². The van der Waals surface area contributed by atoms with Crippen LogP contribution in [0.5, 0.6) is 0 Å². The number of amides is 1. The van der Waals surface area contributed by atoms with Crippen molar-refractivity contribution in [2.24, 2.45) is 0 Å². The standard InChI is InChI=1S/C27H33N3O2/c31-26-24-13-7-12-23(22-10-5-2-6-11-22)25(24)30(27(26)32)19-18-28-14-16-29(17-15-28)20-21-8-3-1-4-9-21/h1,3-4,7-9,12-13,22H,2,5-6,10-11,14-20H2. The SMILES string of the molecule is O=C1C(=O)N(CCN2CCN(Cc3ccccc3)CC2)c2c1cccc2C1CCCCC1. The van der Waals surface area contributed by atoms with Crippen LogP contribution in [0.3, 0.4) is 0 Å². The maximum Gasteiger partial charge on any atom is 0.299 e. The number of para-hydroxylation sites is 1. The van der Waals surface area contributed by atoms with Crippen molar-refractivity contribution in [3.05, 3.63) is 65.2 Å². The Morgan fingerprint density at radius 1 is 0.750 bits per heavy atom. The lowest BCUT2D eigenvalue weighted by Crippen LogP contribution is -2.48. The van der Waals surface area contributed by atoms with E-state index < -0.39 is 0 Å². The molecule has 3 aliphatic rings. The van der Waals surface area contributed by atoms with Gasteiger partial charge in [-0.2, -0.15) is 0 Å². The molecule has 0 spiro atoms. The third-order valence-electron chi connectivity index (χ3n) is 7.42. The molecule has 2 fully saturated rings. The molecule has 1 saturated heterocycles. The molecule has 0 N–H and O–H groups in total. The zero-order chi connectivity index (χ0) is 21.9. The Labute approximate surface area is 191 Å². The average Bonchev–Trinajstić information content (AvgIpc) is 3.09. The monoisotopic (exact) mass is 431 g/mol. The molecule has 0 aromatic heterocycles. The zero-order valence-corrected chi connectivity index (χ0v) is 18.8. The van der Waals surface area contributed by atoms with E-state index >= 15 is 0 Å². The molecule has 0 atom stereocenters. The molecule has 2 heterocycles. The van der Waals surface area contributed by atoms with Gasteiger partial charge < -0.3 is 4.90 Å². The maximum atomic E-state index is 12.9. The Morgan fingerprint density at radius 3 is 2.22 bits per heavy atom. The first-order valence-corrected chi connectivity index (χ1v) is 12.2. The highest BCUT2D eigenvalue weighted by atomic mass is 16.2. The molecule has 5 nitrogen and oxygen atoms in total. The van der Waals surface area contributed by atoms with Gasteiger partial charge in [0.25, 0.3) is 11.7 Å². The van der Waals surface area contributed by atoms with Crippen molar-refractivity contribution in [2.45, 2.75) is 44.6 Å². The first kappa shape index (κ1) is 21.4. The van der Waals surface area contributed by atoms with E-state index in [1.54, 1.807) is 4.90 Å². The molecule has 32 heavy (non-hydrogen) atoms. The van der Waals surface area contributed by atoms with Gasteiger partial charge in [-0.3, -0.25) is 19.4 Å². The van der Waals surface area contributed by atoms with E-state index in [0.717, 1.165) is 57.8 Å². The van der Waals surface area contributed by atoms with Crippen LogP contribution in [0.15, 0.2) is 48.5 Å². The second-order valence-electron chi connectivity index (χ2n) is 9.47. The van der Waals surface area contributed by atoms with Gasteiger partial charge in [-0.1, -0.05) is 61.7 Å². The molecule has 0 unspecified atom stereocenters. The third-order valence-corrected chi connectivity index (χ3v) is 7.42. The molecule has 0 radical (unpaired) electrons. The number of hydrogen-bond acceptors (Lipinski definition) is 4. The molecular formula is C27H33N3O2. The number of benzene rings is 2. The minimum Gasteiger partial charge on any atom is -0.303 e. The molecule has 0 bridgehead atoms. The van der Waals surface area contributed by atoms with Crippen molar-refractivity contribution >= 4 is 17.4 Å². The second kappa shape index (κ2) is 9.55. The first-order valence-electron chi connectivity index (χ1n) is 12.2. The summed E-state index contributed by atoms with van der Waals surface area (Å²) in [4.78, 5) is 32.3. The summed E-state index contributed by atoms with van der Waals surface area (Å²) in [5, 5.41) is 0. The maximum absolute atomic E-state index is 12.9. The lowest BCUT2D eigenvalue weighted by Gasteiger charge is -2.35. The number of fused-ring (bicyclic) bond motifs is 1. The van der Waals surface area contributed by atoms with Crippen LogP contribution < -0.4 is 4.90 Å². The van der Waals surface area contributed by atoms with Gasteiger partial charge in [-0.05, 0) is 36.0 Å². The first-order chi connectivity index (χ1) is 15.7. The summed E-state index contributed by atoms with van der Waals surface area (Å²) in [6.07, 6.45) is 6.10. The number of piperazine rings is 1. The summed E-state index contributed by atoms with van der Waals surface area (Å²) in [6, 6.07) is 16.6. The van der Waals surface area contributed by atoms with E-state index in [2.05, 4.69) is 46.2 Å². The predicted molar refractivity (Wildman–Crippen MR) is 127 cm³/mol. The molecule has 5 rings (SSSR count). The van der Waals surface area contributed by atoms with Gasteiger partial charge in [0, 0.05) is 45.8 Å². The van der Waals surface area contributed by atoms with Crippen molar-refractivity contribution in [1.29, 1.82) is 0 Å². The minimum absolute atomic E-state index is 0.328. The van der Waals surface area contributed by atoms with Gasteiger partial charge in [0.15, 0.2) is 0 Å². The van der Waals surface area contributed by atoms with E-state index in [9.17, 15) is 9.59 Å². The summed E-state index contributed by atoms with van der Waals surface area (Å²) in [5.41, 5.74) is 4.10. The molecule has 2 aromatic rings. The van der Waals surface area contributed by atoms with Crippen molar-refractivity contribution < 1.29 is 9.59 Å². The second-order valence-corrected chi connectivity index (χ2v) is 9.47. The number of anilines is 1. The highest BCUT2D eigenvalue weighted by molar-refractivity contribution is 6.52. The van der Waals surface area contributed by atoms with E-state index in [1.807, 2.05) is 12.1 Å². The number of rotatable bonds is 6. The number of Topliss-reactive ketones (excluding diaryl/α,β-unsaturated/α-hetero) is 1. The van der Waals surface area contributed by atoms with Crippen LogP contribution in [0, 0.1) is 0 Å². The number of carbonyl (C=O) groups excluding carboxylic acids is 2. The van der Waals surface area contributed by atoms with Crippen LogP contribution in [-0.2, 0) is 11.3 Å². The Hall–Kier alpha value is -2.50. The van der Waals surface area contributed by atoms with E-state index in [4.69, 9.17) is 0 Å². The predicted octanol–water partition coefficient (Wildman–Crippen LogP) is 4.08. The molecule has 1 amide bonds. The van der Waals surface area contributed by atoms with E-state index in [0.29, 0.717) is 18.0 Å². The summed E-state index contributed by atoms with van der Waals surface area (Å²) in [7, 11) is 0. The van der Waals surface area contributed by atoms with Gasteiger partial charge in [-0.15, -0.1) is 0 Å². The molecular weight excluding hydrogens is 398 g/mol. The van der Waals surface area contributed by atoms with Crippen LogP contribution in [0.2, 0.25) is 0 Å².